The largest absolute Gasteiger partial charge is 0.528 e. The highest BCUT2D eigenvalue weighted by molar-refractivity contribution is 5.93. The van der Waals surface area contributed by atoms with Crippen molar-refractivity contribution < 1.29 is 38.2 Å². The van der Waals surface area contributed by atoms with Gasteiger partial charge in [-0.1, -0.05) is 72.8 Å². The molecule has 5 rings (SSSR count). The lowest BCUT2D eigenvalue weighted by atomic mass is 9.87. The van der Waals surface area contributed by atoms with Gasteiger partial charge in [-0.2, -0.15) is 0 Å². The molecule has 0 aromatic heterocycles. The Morgan fingerprint density at radius 3 is 2.30 bits per heavy atom. The molecule has 4 aromatic carbocycles. The van der Waals surface area contributed by atoms with E-state index in [4.69, 9.17) is 23.8 Å². The maximum Gasteiger partial charge on any atom is 0.528 e. The Morgan fingerprint density at radius 1 is 0.851 bits per heavy atom. The zero-order chi connectivity index (χ0) is 33.4. The quantitative estimate of drug-likeness (QED) is 0.130. The van der Waals surface area contributed by atoms with Crippen molar-refractivity contribution in [2.75, 3.05) is 19.7 Å². The van der Waals surface area contributed by atoms with Crippen LogP contribution in [-0.4, -0.2) is 54.6 Å². The number of carbonyl (C=O) groups is 3. The van der Waals surface area contributed by atoms with E-state index in [0.29, 0.717) is 32.5 Å². The van der Waals surface area contributed by atoms with Crippen LogP contribution >= 0.6 is 0 Å². The zero-order valence-electron chi connectivity index (χ0n) is 27.3. The normalized spacial score (nSPS) is 16.8. The number of piperidine rings is 1. The van der Waals surface area contributed by atoms with Crippen LogP contribution in [0.2, 0.25) is 0 Å². The van der Waals surface area contributed by atoms with Gasteiger partial charge in [0, 0.05) is 25.8 Å². The van der Waals surface area contributed by atoms with Crippen molar-refractivity contribution >= 4 is 28.9 Å². The fourth-order valence-corrected chi connectivity index (χ4v) is 5.58. The molecule has 1 heterocycles. The number of fused-ring (bicyclic) bond motifs is 1. The zero-order valence-corrected chi connectivity index (χ0v) is 27.3. The van der Waals surface area contributed by atoms with Crippen molar-refractivity contribution in [1.82, 2.24) is 5.06 Å². The highest BCUT2D eigenvalue weighted by Gasteiger charge is 2.34. The average Bonchev–Trinajstić information content (AvgIpc) is 3.03. The Bertz CT molecular complexity index is 1690. The molecule has 0 aliphatic carbocycles. The van der Waals surface area contributed by atoms with Crippen molar-refractivity contribution in [1.29, 1.82) is 0 Å². The minimum atomic E-state index is -0.732. The van der Waals surface area contributed by atoms with E-state index in [2.05, 4.69) is 42.5 Å². The monoisotopic (exact) mass is 639 g/mol. The first-order valence-electron chi connectivity index (χ1n) is 15.8. The van der Waals surface area contributed by atoms with Gasteiger partial charge in [0.05, 0.1) is 25.9 Å². The molecule has 1 aliphatic heterocycles. The number of nitrogens with zero attached hydrogens (tertiary/aromatic N) is 1. The summed E-state index contributed by atoms with van der Waals surface area (Å²) in [5.74, 6) is -0.814. The molecule has 0 bridgehead atoms. The van der Waals surface area contributed by atoms with Crippen LogP contribution in [0.1, 0.15) is 67.1 Å². The molecule has 1 fully saturated rings. The number of carbonyl (C=O) groups excluding carboxylic acids is 3. The van der Waals surface area contributed by atoms with Crippen molar-refractivity contribution in [2.45, 2.75) is 64.8 Å². The molecule has 2 unspecified atom stereocenters. The van der Waals surface area contributed by atoms with Gasteiger partial charge >= 0.3 is 18.1 Å². The summed E-state index contributed by atoms with van der Waals surface area (Å²) in [7, 11) is 0. The molecule has 0 amide bonds. The minimum absolute atomic E-state index is 0.0681. The number of benzene rings is 4. The van der Waals surface area contributed by atoms with E-state index in [9.17, 15) is 14.4 Å². The van der Waals surface area contributed by atoms with Crippen LogP contribution in [0.15, 0.2) is 91.0 Å². The number of ether oxygens (including phenoxy) is 4. The molecule has 0 N–H and O–H groups in total. The molecule has 246 valence electrons. The van der Waals surface area contributed by atoms with Gasteiger partial charge in [0.2, 0.25) is 0 Å². The topological polar surface area (TPSA) is 101 Å². The minimum Gasteiger partial charge on any atom is -0.462 e. The Hall–Kier alpha value is -4.73. The first-order valence-corrected chi connectivity index (χ1v) is 15.8. The van der Waals surface area contributed by atoms with Crippen molar-refractivity contribution in [2.24, 2.45) is 0 Å². The first kappa shape index (κ1) is 33.6. The number of para-hydroxylation sites is 1. The molecular formula is C38H41NO8. The molecule has 0 radical (unpaired) electrons. The van der Waals surface area contributed by atoms with E-state index >= 15 is 0 Å². The Balaban J connectivity index is 1.22. The second-order valence-electron chi connectivity index (χ2n) is 12.6. The van der Waals surface area contributed by atoms with Crippen molar-refractivity contribution in [3.05, 3.63) is 113 Å². The number of esters is 2. The van der Waals surface area contributed by atoms with Gasteiger partial charge in [-0.05, 0) is 72.9 Å². The Morgan fingerprint density at radius 2 is 1.55 bits per heavy atom. The van der Waals surface area contributed by atoms with Crippen LogP contribution < -0.4 is 4.74 Å². The van der Waals surface area contributed by atoms with Crippen LogP contribution in [0.4, 0.5) is 4.79 Å². The van der Waals surface area contributed by atoms with Crippen LogP contribution in [0.5, 0.6) is 5.75 Å². The molecule has 47 heavy (non-hydrogen) atoms. The maximum atomic E-state index is 12.7. The lowest BCUT2D eigenvalue weighted by Crippen LogP contribution is -2.45. The lowest BCUT2D eigenvalue weighted by Gasteiger charge is -2.37. The predicted octanol–water partition coefficient (Wildman–Crippen LogP) is 7.41. The third-order valence-corrected chi connectivity index (χ3v) is 7.79. The van der Waals surface area contributed by atoms with Gasteiger partial charge in [-0.25, -0.2) is 9.59 Å². The number of hydrogen-bond donors (Lipinski definition) is 0. The highest BCUT2D eigenvalue weighted by atomic mass is 16.8. The van der Waals surface area contributed by atoms with Crippen molar-refractivity contribution in [3.63, 3.8) is 0 Å². The van der Waals surface area contributed by atoms with E-state index in [0.717, 1.165) is 22.1 Å². The lowest BCUT2D eigenvalue weighted by molar-refractivity contribution is -0.179. The molecule has 4 aromatic rings. The molecular weight excluding hydrogens is 598 g/mol. The standard InChI is InChI=1S/C38H41NO8/c1-26(40)45-34-12-8-7-11-33(34)36(41)43-22-20-27-13-17-30(18-14-27)32-19-21-39(47-37(42)46-38(2,3)4)24-35(32)44-25-28-15-16-29-9-5-6-10-31(29)23-28/h5-18,23,32,35H,19-22,24-25H2,1-4H3. The molecule has 9 heteroatoms. The second-order valence-corrected chi connectivity index (χ2v) is 12.6. The van der Waals surface area contributed by atoms with Gasteiger partial charge in [0.15, 0.2) is 0 Å². The molecule has 2 atom stereocenters. The van der Waals surface area contributed by atoms with Gasteiger partial charge < -0.3 is 23.8 Å². The molecule has 0 spiro atoms. The third-order valence-electron chi connectivity index (χ3n) is 7.79. The molecule has 0 saturated carbocycles. The summed E-state index contributed by atoms with van der Waals surface area (Å²) in [5, 5.41) is 3.95. The SMILES string of the molecule is CC(=O)Oc1ccccc1C(=O)OCCc1ccc(C2CCN(OC(=O)OC(C)(C)C)CC2OCc2ccc3ccccc3c2)cc1. The third kappa shape index (κ3) is 9.64. The van der Waals surface area contributed by atoms with Crippen molar-refractivity contribution in [3.8, 4) is 5.75 Å². The van der Waals surface area contributed by atoms with Crippen LogP contribution in [0, 0.1) is 0 Å². The summed E-state index contributed by atoms with van der Waals surface area (Å²) in [5.41, 5.74) is 2.73. The van der Waals surface area contributed by atoms with Gasteiger partial charge in [-0.3, -0.25) is 4.79 Å². The summed E-state index contributed by atoms with van der Waals surface area (Å²) in [6.07, 6.45) is 0.251. The summed E-state index contributed by atoms with van der Waals surface area (Å²) in [6.45, 7) is 8.19. The number of hydroxylamine groups is 2. The smallest absolute Gasteiger partial charge is 0.462 e. The van der Waals surface area contributed by atoms with Crippen LogP contribution in [0.25, 0.3) is 10.8 Å². The molecule has 9 nitrogen and oxygen atoms in total. The summed E-state index contributed by atoms with van der Waals surface area (Å²) in [6, 6.07) is 29.2. The average molecular weight is 640 g/mol. The summed E-state index contributed by atoms with van der Waals surface area (Å²) >= 11 is 0. The van der Waals surface area contributed by atoms with Gasteiger partial charge in [0.25, 0.3) is 0 Å². The summed E-state index contributed by atoms with van der Waals surface area (Å²) < 4.78 is 22.5. The number of hydrogen-bond acceptors (Lipinski definition) is 9. The molecule has 1 saturated heterocycles. The van der Waals surface area contributed by atoms with E-state index in [1.54, 1.807) is 50.1 Å². The fourth-order valence-electron chi connectivity index (χ4n) is 5.58. The van der Waals surface area contributed by atoms with Gasteiger partial charge in [0.1, 0.15) is 16.9 Å². The fraction of sp³-hybridized carbons (Fsp3) is 0.342. The van der Waals surface area contributed by atoms with E-state index in [1.165, 1.54) is 12.3 Å². The van der Waals surface area contributed by atoms with E-state index in [-0.39, 0.29) is 29.9 Å². The second kappa shape index (κ2) is 15.2. The summed E-state index contributed by atoms with van der Waals surface area (Å²) in [4.78, 5) is 42.0. The van der Waals surface area contributed by atoms with Crippen LogP contribution in [0.3, 0.4) is 0 Å². The molecule has 1 aliphatic rings. The number of rotatable bonds is 10. The first-order chi connectivity index (χ1) is 22.5. The highest BCUT2D eigenvalue weighted by Crippen LogP contribution is 2.32. The maximum absolute atomic E-state index is 12.7. The van der Waals surface area contributed by atoms with Gasteiger partial charge in [-0.15, -0.1) is 5.06 Å². The Kier molecular flexibility index (Phi) is 10.9. The van der Waals surface area contributed by atoms with E-state index < -0.39 is 23.7 Å². The predicted molar refractivity (Wildman–Crippen MR) is 177 cm³/mol. The van der Waals surface area contributed by atoms with Crippen LogP contribution in [-0.2, 0) is 36.9 Å². The Labute approximate surface area is 275 Å². The van der Waals surface area contributed by atoms with E-state index in [1.807, 2.05) is 24.3 Å².